The summed E-state index contributed by atoms with van der Waals surface area (Å²) in [6.45, 7) is 10.2. The van der Waals surface area contributed by atoms with Crippen LogP contribution in [0.5, 0.6) is 0 Å². The van der Waals surface area contributed by atoms with Gasteiger partial charge in [0.2, 0.25) is 0 Å². The Labute approximate surface area is 768 Å². The van der Waals surface area contributed by atoms with Crippen LogP contribution < -0.4 is 20.7 Å². The van der Waals surface area contributed by atoms with E-state index in [1.54, 1.807) is 0 Å². The molecule has 0 saturated heterocycles. The minimum Gasteiger partial charge on any atom is -0.0623 e. The van der Waals surface area contributed by atoms with Crippen LogP contribution in [0.2, 0.25) is 26.2 Å². The fourth-order valence-corrected chi connectivity index (χ4v) is 30.8. The Kier molecular flexibility index (Phi) is 16.1. The van der Waals surface area contributed by atoms with Gasteiger partial charge in [0.1, 0.15) is 16.1 Å². The SMILES string of the molecule is C[Si]1(C)c2ccccc2-c2cc3c(-c4ccc(-c5ccccc5)cc4)c4ccc(-c5ccc6c7cccc8cccc(c9cccc5c96)c87)cc4c(-c4ccc(-c5ccccc5)cc4)c3cc21.C[Si]1(C)c2ccccc2-c2cc3c(-c4ccc5c6c(cccc46)-c4ccccc4-5)c4ccc(-c5ccc6ccccc6c5)cc4c(-c4ccc5c6c(cccc46)-c4ccccc4-5)c3cc21. The summed E-state index contributed by atoms with van der Waals surface area (Å²) < 4.78 is 0. The molecule has 0 saturated carbocycles. The van der Waals surface area contributed by atoms with Gasteiger partial charge >= 0.3 is 0 Å². The maximum atomic E-state index is 2.66. The number of hydrogen-bond donors (Lipinski definition) is 0. The molecule has 0 N–H and O–H groups in total. The molecule has 0 atom stereocenters. The lowest BCUT2D eigenvalue weighted by Gasteiger charge is -2.24. The zero-order valence-electron chi connectivity index (χ0n) is 73.6. The van der Waals surface area contributed by atoms with Gasteiger partial charge < -0.3 is 0 Å². The molecular formula is C130H84Si2. The van der Waals surface area contributed by atoms with Crippen LogP contribution in [0.15, 0.2) is 437 Å². The lowest BCUT2D eigenvalue weighted by molar-refractivity contribution is 1.60. The molecule has 2 heteroatoms. The van der Waals surface area contributed by atoms with Crippen molar-refractivity contribution in [2.75, 3.05) is 0 Å². The molecule has 25 aromatic carbocycles. The van der Waals surface area contributed by atoms with Gasteiger partial charge in [0.25, 0.3) is 0 Å². The van der Waals surface area contributed by atoms with E-state index in [0.717, 1.165) is 0 Å². The minimum atomic E-state index is -2.07. The maximum Gasteiger partial charge on any atom is 0.113 e. The van der Waals surface area contributed by atoms with E-state index in [4.69, 9.17) is 0 Å². The van der Waals surface area contributed by atoms with Crippen LogP contribution in [0.3, 0.4) is 0 Å². The Morgan fingerprint density at radius 3 is 0.985 bits per heavy atom. The van der Waals surface area contributed by atoms with Crippen LogP contribution in [-0.2, 0) is 0 Å². The van der Waals surface area contributed by atoms with Gasteiger partial charge in [-0.15, -0.1) is 0 Å². The third kappa shape index (κ3) is 10.8. The molecule has 0 radical (unpaired) electrons. The van der Waals surface area contributed by atoms with Crippen LogP contribution in [0, 0.1) is 0 Å². The zero-order chi connectivity index (χ0) is 87.1. The summed E-state index contributed by atoms with van der Waals surface area (Å²) in [4.78, 5) is 0. The first-order chi connectivity index (χ1) is 65.0. The average Bonchev–Trinajstić information content (AvgIpc) is 1.38. The van der Waals surface area contributed by atoms with Gasteiger partial charge in [-0.3, -0.25) is 0 Å². The fourth-order valence-electron chi connectivity index (χ4n) is 24.6. The molecule has 612 valence electrons. The molecule has 0 spiro atoms. The molecule has 0 bridgehead atoms. The Morgan fingerprint density at radius 1 is 0.121 bits per heavy atom. The number of hydrogen-bond acceptors (Lipinski definition) is 0. The summed E-state index contributed by atoms with van der Waals surface area (Å²) in [6, 6.07) is 166. The predicted octanol–water partition coefficient (Wildman–Crippen LogP) is 33.7. The topological polar surface area (TPSA) is 0 Å². The highest BCUT2D eigenvalue weighted by molar-refractivity contribution is 7.04. The standard InChI is InChI=1S/C66H44Si.C64H40Si/c1-67(2)61-25-10-9-20-50(61)57-39-59-60(40-62(57)67)65(47-32-28-44(29-33-47)42-16-7-4-8-17-42)58-38-48(34-35-56(58)64(59)46-30-26-43(27-31-46)41-14-5-3-6-15-41)49-36-37-55-53-22-12-19-45-18-11-21-52(63(45)53)54-24-13-23-51(49)66(54)55;1-65(2)59-24-10-9-19-45(59)55-35-57-58(36-60(55)65)64(53-32-30-51-44-18-8-6-16-42(44)47-21-12-23-49(53)62(47)51)56-34-40(39-26-25-37-13-3-4-14-38(37)33-39)27-28-54(56)63(57)52-31-29-50-43-17-7-5-15-41(43)46-20-11-22-48(52)61(46)50/h3-40H,1-2H3;3-36H,1-2H3. The molecular weight excluding hydrogens is 1620 g/mol. The van der Waals surface area contributed by atoms with Crippen molar-refractivity contribution in [3.8, 4) is 156 Å². The monoisotopic (exact) mass is 1700 g/mol. The molecule has 0 unspecified atom stereocenters. The van der Waals surface area contributed by atoms with Gasteiger partial charge in [0, 0.05) is 0 Å². The van der Waals surface area contributed by atoms with Gasteiger partial charge in [0.15, 0.2) is 0 Å². The summed E-state index contributed by atoms with van der Waals surface area (Å²) in [5.74, 6) is 0. The van der Waals surface area contributed by atoms with Crippen LogP contribution in [0.4, 0.5) is 0 Å². The van der Waals surface area contributed by atoms with E-state index < -0.39 is 16.1 Å². The van der Waals surface area contributed by atoms with Crippen molar-refractivity contribution >= 4 is 155 Å². The smallest absolute Gasteiger partial charge is 0.0623 e. The number of benzene rings is 25. The molecule has 0 amide bonds. The van der Waals surface area contributed by atoms with E-state index in [-0.39, 0.29) is 0 Å². The molecule has 2 heterocycles. The van der Waals surface area contributed by atoms with E-state index in [9.17, 15) is 0 Å². The molecule has 2 aliphatic heterocycles. The summed E-state index contributed by atoms with van der Waals surface area (Å²) >= 11 is 0. The molecule has 2 aliphatic carbocycles. The molecule has 25 aromatic rings. The van der Waals surface area contributed by atoms with Crippen molar-refractivity contribution in [2.45, 2.75) is 26.2 Å². The lowest BCUT2D eigenvalue weighted by atomic mass is 9.81. The van der Waals surface area contributed by atoms with Crippen molar-refractivity contribution in [3.63, 3.8) is 0 Å². The van der Waals surface area contributed by atoms with E-state index in [2.05, 4.69) is 463 Å². The van der Waals surface area contributed by atoms with Crippen molar-refractivity contribution in [1.29, 1.82) is 0 Å². The second kappa shape index (κ2) is 28.3. The highest BCUT2D eigenvalue weighted by atomic mass is 28.3. The molecule has 0 fully saturated rings. The Hall–Kier alpha value is -15.9. The highest BCUT2D eigenvalue weighted by Gasteiger charge is 2.41. The van der Waals surface area contributed by atoms with Gasteiger partial charge in [0.05, 0.1) is 0 Å². The van der Waals surface area contributed by atoms with E-state index >= 15 is 0 Å². The van der Waals surface area contributed by atoms with Crippen LogP contribution in [-0.4, -0.2) is 16.1 Å². The first-order valence-electron chi connectivity index (χ1n) is 46.6. The second-order valence-corrected chi connectivity index (χ2v) is 46.8. The summed E-state index contributed by atoms with van der Waals surface area (Å²) in [7, 11) is -4.10. The second-order valence-electron chi connectivity index (χ2n) is 38.2. The summed E-state index contributed by atoms with van der Waals surface area (Å²) in [6.07, 6.45) is 0. The minimum absolute atomic E-state index is 1.22. The van der Waals surface area contributed by atoms with Crippen LogP contribution >= 0.6 is 0 Å². The fraction of sp³-hybridized carbons (Fsp3) is 0.0308. The Morgan fingerprint density at radius 2 is 0.432 bits per heavy atom. The third-order valence-electron chi connectivity index (χ3n) is 30.8. The number of rotatable bonds is 8. The summed E-state index contributed by atoms with van der Waals surface area (Å²) in [5, 5.41) is 34.8. The van der Waals surface area contributed by atoms with Crippen molar-refractivity contribution in [1.82, 2.24) is 0 Å². The van der Waals surface area contributed by atoms with Crippen molar-refractivity contribution < 1.29 is 0 Å². The maximum absolute atomic E-state index is 2.66. The van der Waals surface area contributed by atoms with Crippen LogP contribution in [0.25, 0.3) is 274 Å². The first kappa shape index (κ1) is 75.1. The molecule has 0 nitrogen and oxygen atoms in total. The Bertz CT molecular complexity index is 9250. The van der Waals surface area contributed by atoms with Crippen molar-refractivity contribution in [3.05, 3.63) is 437 Å². The highest BCUT2D eigenvalue weighted by Crippen LogP contribution is 2.58. The van der Waals surface area contributed by atoms with E-state index in [0.29, 0.717) is 0 Å². The predicted molar refractivity (Wildman–Crippen MR) is 573 cm³/mol. The van der Waals surface area contributed by atoms with E-state index in [1.165, 1.54) is 295 Å². The number of fused-ring (bicyclic) bond motifs is 19. The van der Waals surface area contributed by atoms with E-state index in [1.807, 2.05) is 0 Å². The average molecular weight is 1700 g/mol. The van der Waals surface area contributed by atoms with Crippen molar-refractivity contribution in [2.24, 2.45) is 0 Å². The first-order valence-corrected chi connectivity index (χ1v) is 52.6. The largest absolute Gasteiger partial charge is 0.113 e. The lowest BCUT2D eigenvalue weighted by Crippen LogP contribution is -2.49. The van der Waals surface area contributed by atoms with Gasteiger partial charge in [-0.1, -0.05) is 433 Å². The molecule has 29 rings (SSSR count). The summed E-state index contributed by atoms with van der Waals surface area (Å²) in [5.41, 5.74) is 36.3. The third-order valence-corrected chi connectivity index (χ3v) is 37.8. The quantitative estimate of drug-likeness (QED) is 0.0808. The van der Waals surface area contributed by atoms with Gasteiger partial charge in [-0.05, 0) is 325 Å². The zero-order valence-corrected chi connectivity index (χ0v) is 75.6. The molecule has 4 aliphatic rings. The van der Waals surface area contributed by atoms with Gasteiger partial charge in [-0.25, -0.2) is 0 Å². The molecule has 0 aromatic heterocycles. The normalized spacial score (nSPS) is 13.3. The van der Waals surface area contributed by atoms with Crippen LogP contribution in [0.1, 0.15) is 0 Å². The molecule has 132 heavy (non-hydrogen) atoms. The Balaban J connectivity index is 0.000000132. The van der Waals surface area contributed by atoms with Gasteiger partial charge in [-0.2, -0.15) is 0 Å².